The van der Waals surface area contributed by atoms with E-state index in [1.54, 1.807) is 0 Å². The van der Waals surface area contributed by atoms with Gasteiger partial charge in [0.05, 0.1) is 0 Å². The van der Waals surface area contributed by atoms with Crippen LogP contribution in [-0.2, 0) is 24.2 Å². The molecule has 0 saturated carbocycles. The van der Waals surface area contributed by atoms with Gasteiger partial charge in [0.25, 0.3) is 0 Å². The first-order valence-corrected chi connectivity index (χ1v) is 13.0. The van der Waals surface area contributed by atoms with Crippen molar-refractivity contribution < 1.29 is 24.2 Å². The summed E-state index contributed by atoms with van der Waals surface area (Å²) in [5.41, 5.74) is 4.09. The van der Waals surface area contributed by atoms with Crippen LogP contribution in [0.4, 0.5) is 0 Å². The van der Waals surface area contributed by atoms with Gasteiger partial charge in [0.2, 0.25) is 0 Å². The fourth-order valence-electron chi connectivity index (χ4n) is 3.97. The summed E-state index contributed by atoms with van der Waals surface area (Å²) in [5, 5.41) is 5.39. The minimum Gasteiger partial charge on any atom is -0.126 e. The maximum atomic E-state index is 3.11. The normalized spacial score (nSPS) is 11.9. The van der Waals surface area contributed by atoms with Crippen molar-refractivity contribution in [2.45, 2.75) is 19.8 Å². The molecule has 0 radical (unpaired) electrons. The predicted octanol–water partition coefficient (Wildman–Crippen LogP) is 8.60. The van der Waals surface area contributed by atoms with Gasteiger partial charge in [-0.1, -0.05) is 49.7 Å². The molecule has 0 nitrogen and oxygen atoms in total. The monoisotopic (exact) mass is 514 g/mol. The first-order valence-electron chi connectivity index (χ1n) is 11.7. The van der Waals surface area contributed by atoms with Gasteiger partial charge in [-0.2, -0.15) is 6.08 Å². The molecule has 0 atom stereocenters. The number of hydrogen-bond donors (Lipinski definition) is 0. The van der Waals surface area contributed by atoms with Crippen LogP contribution in [0.5, 0.6) is 0 Å². The quantitative estimate of drug-likeness (QED) is 0.211. The fraction of sp³-hybridized carbons (Fsp3) is 0.0909. The first kappa shape index (κ1) is 24.1. The Hall–Kier alpha value is -3.02. The summed E-state index contributed by atoms with van der Waals surface area (Å²) in [6.07, 6.45) is 9.57. The zero-order valence-electron chi connectivity index (χ0n) is 19.5. The Morgan fingerprint density at radius 2 is 1.18 bits per heavy atom. The van der Waals surface area contributed by atoms with Crippen LogP contribution in [0.25, 0.3) is 21.5 Å². The van der Waals surface area contributed by atoms with Crippen LogP contribution in [0.3, 0.4) is 0 Å². The second-order valence-corrected chi connectivity index (χ2v) is 9.34. The van der Waals surface area contributed by atoms with Crippen molar-refractivity contribution in [3.8, 4) is 0 Å². The van der Waals surface area contributed by atoms with Crippen molar-refractivity contribution in [3.63, 3.8) is 0 Å². The van der Waals surface area contributed by atoms with Crippen LogP contribution in [0.15, 0.2) is 133 Å². The van der Waals surface area contributed by atoms with Crippen molar-refractivity contribution in [3.05, 3.63) is 150 Å². The van der Waals surface area contributed by atoms with E-state index in [4.69, 9.17) is 0 Å². The molecule has 0 heterocycles. The van der Waals surface area contributed by atoms with Gasteiger partial charge < -0.3 is 0 Å². The van der Waals surface area contributed by atoms with Crippen molar-refractivity contribution in [1.82, 2.24) is 0 Å². The molecule has 0 saturated heterocycles. The minimum absolute atomic E-state index is 1.03. The molecule has 34 heavy (non-hydrogen) atoms. The van der Waals surface area contributed by atoms with Gasteiger partial charge in [0, 0.05) is 0 Å². The molecule has 0 fully saturated rings. The van der Waals surface area contributed by atoms with E-state index >= 15 is 0 Å². The zero-order valence-corrected chi connectivity index (χ0v) is 22.0. The molecule has 5 aromatic carbocycles. The summed E-state index contributed by atoms with van der Waals surface area (Å²) in [6.45, 7) is 2.16. The van der Waals surface area contributed by atoms with E-state index in [1.165, 1.54) is 65.7 Å². The Morgan fingerprint density at radius 1 is 0.706 bits per heavy atom. The van der Waals surface area contributed by atoms with Crippen LogP contribution in [0.1, 0.15) is 30.9 Å². The molecule has 6 rings (SSSR count). The molecule has 0 bridgehead atoms. The number of benzene rings is 4. The standard InChI is InChI=1S/C13H9.C13H10.C7H9.Zr/c1-3-7-12-10(5-1)9-11-6-2-4-8-13(11)12;1-3-7-12(8-4-1)11-13-9-5-2-6-10-13;1-2-7-5-3-4-6-7;/h1-9H;1-10H;5-6H,2-3H2,1H3;/q-1;;-1;+2. The second-order valence-electron chi connectivity index (χ2n) is 8.11. The van der Waals surface area contributed by atoms with Crippen molar-refractivity contribution in [1.29, 1.82) is 0 Å². The van der Waals surface area contributed by atoms with Gasteiger partial charge in [0.1, 0.15) is 0 Å². The molecule has 0 spiro atoms. The third-order valence-electron chi connectivity index (χ3n) is 5.83. The Kier molecular flexibility index (Phi) is 8.83. The van der Waals surface area contributed by atoms with Crippen LogP contribution in [0, 0.1) is 6.08 Å². The van der Waals surface area contributed by atoms with E-state index in [0.29, 0.717) is 0 Å². The molecule has 0 unspecified atom stereocenters. The van der Waals surface area contributed by atoms with Gasteiger partial charge in [-0.25, -0.2) is 11.6 Å². The minimum atomic E-state index is 1.03. The van der Waals surface area contributed by atoms with Crippen LogP contribution < -0.4 is 0 Å². The van der Waals surface area contributed by atoms with Gasteiger partial charge in [-0.3, -0.25) is 6.08 Å². The van der Waals surface area contributed by atoms with Crippen molar-refractivity contribution >= 4 is 24.8 Å². The summed E-state index contributed by atoms with van der Waals surface area (Å²) in [7, 11) is 0. The molecule has 1 aliphatic carbocycles. The van der Waals surface area contributed by atoms with Crippen LogP contribution >= 0.6 is 0 Å². The summed E-state index contributed by atoms with van der Waals surface area (Å²) in [5.74, 6) is 0. The van der Waals surface area contributed by atoms with E-state index < -0.39 is 0 Å². The van der Waals surface area contributed by atoms with E-state index in [9.17, 15) is 0 Å². The summed E-state index contributed by atoms with van der Waals surface area (Å²) in [6, 6.07) is 40.4. The maximum Gasteiger partial charge on any atom is -0.0771 e. The van der Waals surface area contributed by atoms with Crippen molar-refractivity contribution in [2.75, 3.05) is 0 Å². The number of hydrogen-bond acceptors (Lipinski definition) is 0. The molecule has 1 aliphatic rings. The van der Waals surface area contributed by atoms with Gasteiger partial charge in [0.15, 0.2) is 0 Å². The third kappa shape index (κ3) is 6.31. The predicted molar refractivity (Wildman–Crippen MR) is 144 cm³/mol. The largest absolute Gasteiger partial charge is 0.126 e. The van der Waals surface area contributed by atoms with Crippen LogP contribution in [-0.4, -0.2) is 3.21 Å². The van der Waals surface area contributed by atoms with Gasteiger partial charge in [-0.15, -0.1) is 46.2 Å². The average molecular weight is 516 g/mol. The molecular formula is C33H28Zr. The topological polar surface area (TPSA) is 0 Å². The fourth-order valence-corrected chi connectivity index (χ4v) is 4.78. The van der Waals surface area contributed by atoms with E-state index in [-0.39, 0.29) is 0 Å². The molecule has 164 valence electrons. The SMILES string of the molecule is CCC1=CC[C-]=C1.[Zr+2]=[C](c1ccccc1)c1ccccc1.c1ccc2c(c1)[cH-]c1ccccc12. The average Bonchev–Trinajstić information content (AvgIpc) is 3.58. The summed E-state index contributed by atoms with van der Waals surface area (Å²) < 4.78 is 1.42. The molecule has 0 amide bonds. The second kappa shape index (κ2) is 12.4. The van der Waals surface area contributed by atoms with Crippen LogP contribution in [0.2, 0.25) is 0 Å². The number of rotatable bonds is 3. The van der Waals surface area contributed by atoms with Gasteiger partial charge >= 0.3 is 99.2 Å². The van der Waals surface area contributed by atoms with E-state index in [1.807, 2.05) is 0 Å². The Labute approximate surface area is 218 Å². The zero-order chi connectivity index (χ0) is 23.6. The maximum absolute atomic E-state index is 3.11. The third-order valence-corrected chi connectivity index (χ3v) is 7.24. The van der Waals surface area contributed by atoms with Crippen molar-refractivity contribution in [2.24, 2.45) is 0 Å². The Bertz CT molecular complexity index is 1310. The first-order chi connectivity index (χ1) is 16.8. The molecule has 5 aromatic rings. The smallest absolute Gasteiger partial charge is 0.0771 e. The summed E-state index contributed by atoms with van der Waals surface area (Å²) in [4.78, 5) is 0. The molecular weight excluding hydrogens is 488 g/mol. The number of fused-ring (bicyclic) bond motifs is 3. The van der Waals surface area contributed by atoms with E-state index in [2.05, 4.69) is 140 Å². The Morgan fingerprint density at radius 3 is 1.59 bits per heavy atom. The van der Waals surface area contributed by atoms with E-state index in [0.717, 1.165) is 12.8 Å². The molecule has 1 heteroatoms. The molecule has 0 aliphatic heterocycles. The Balaban J connectivity index is 0.000000128. The molecule has 0 aromatic heterocycles. The number of allylic oxidation sites excluding steroid dienone is 4. The molecule has 0 N–H and O–H groups in total. The summed E-state index contributed by atoms with van der Waals surface area (Å²) >= 11 is 1.46. The van der Waals surface area contributed by atoms with Gasteiger partial charge in [-0.05, 0) is 0 Å².